The Morgan fingerprint density at radius 1 is 1.56 bits per heavy atom. The molecule has 18 heavy (non-hydrogen) atoms. The van der Waals surface area contributed by atoms with Crippen molar-refractivity contribution < 1.29 is 9.53 Å². The largest absolute Gasteiger partial charge is 0.462 e. The molecule has 4 nitrogen and oxygen atoms in total. The first kappa shape index (κ1) is 13.0. The van der Waals surface area contributed by atoms with Gasteiger partial charge >= 0.3 is 5.97 Å². The van der Waals surface area contributed by atoms with Crippen molar-refractivity contribution in [2.24, 2.45) is 0 Å². The maximum absolute atomic E-state index is 11.9. The van der Waals surface area contributed by atoms with Gasteiger partial charge in [0, 0.05) is 11.2 Å². The Hall–Kier alpha value is -1.42. The smallest absolute Gasteiger partial charge is 0.340 e. The number of carbonyl (C=O) groups is 1. The number of hydrogen-bond acceptors (Lipinski definition) is 4. The van der Waals surface area contributed by atoms with E-state index >= 15 is 0 Å². The van der Waals surface area contributed by atoms with Gasteiger partial charge in [-0.3, -0.25) is 0 Å². The second kappa shape index (κ2) is 4.69. The van der Waals surface area contributed by atoms with Crippen molar-refractivity contribution in [2.45, 2.75) is 32.2 Å². The number of hydrogen-bond donors (Lipinski definition) is 2. The van der Waals surface area contributed by atoms with Gasteiger partial charge in [0.1, 0.15) is 0 Å². The van der Waals surface area contributed by atoms with Crippen molar-refractivity contribution >= 4 is 28.9 Å². The van der Waals surface area contributed by atoms with E-state index in [0.717, 1.165) is 12.8 Å². The lowest BCUT2D eigenvalue weighted by molar-refractivity contribution is 0.0527. The zero-order valence-electron chi connectivity index (χ0n) is 10.5. The summed E-state index contributed by atoms with van der Waals surface area (Å²) in [5, 5.41) is 3.76. The number of anilines is 2. The van der Waals surface area contributed by atoms with Crippen LogP contribution < -0.4 is 11.1 Å². The number of nitrogens with two attached hydrogens (primary N) is 1. The summed E-state index contributed by atoms with van der Waals surface area (Å²) in [6.45, 7) is 4.18. The van der Waals surface area contributed by atoms with Crippen LogP contribution in [0.4, 0.5) is 11.4 Å². The molecule has 0 aliphatic heterocycles. The number of halogens is 1. The Morgan fingerprint density at radius 2 is 2.22 bits per heavy atom. The first-order chi connectivity index (χ1) is 8.45. The number of nitrogen functional groups attached to an aromatic ring is 1. The topological polar surface area (TPSA) is 64.3 Å². The number of carbonyl (C=O) groups excluding carboxylic acids is 1. The molecule has 2 rings (SSSR count). The van der Waals surface area contributed by atoms with Crippen LogP contribution in [0, 0.1) is 0 Å². The van der Waals surface area contributed by atoms with Gasteiger partial charge in [-0.2, -0.15) is 0 Å². The van der Waals surface area contributed by atoms with Crippen molar-refractivity contribution in [1.29, 1.82) is 0 Å². The van der Waals surface area contributed by atoms with E-state index in [1.165, 1.54) is 0 Å². The summed E-state index contributed by atoms with van der Waals surface area (Å²) in [4.78, 5) is 11.9. The predicted octanol–water partition coefficient (Wildman–Crippen LogP) is 3.06. The van der Waals surface area contributed by atoms with E-state index in [1.807, 2.05) is 0 Å². The molecule has 1 aliphatic rings. The van der Waals surface area contributed by atoms with E-state index in [0.29, 0.717) is 28.6 Å². The minimum absolute atomic E-state index is 0.0288. The fourth-order valence-corrected chi connectivity index (χ4v) is 2.01. The molecule has 1 saturated carbocycles. The second-order valence-electron chi connectivity index (χ2n) is 4.83. The highest BCUT2D eigenvalue weighted by molar-refractivity contribution is 6.34. The van der Waals surface area contributed by atoms with Crippen molar-refractivity contribution in [3.05, 3.63) is 22.7 Å². The zero-order valence-corrected chi connectivity index (χ0v) is 11.3. The average molecular weight is 269 g/mol. The first-order valence-electron chi connectivity index (χ1n) is 5.99. The number of benzene rings is 1. The summed E-state index contributed by atoms with van der Waals surface area (Å²) in [7, 11) is 0. The maximum Gasteiger partial charge on any atom is 0.340 e. The minimum atomic E-state index is -0.404. The number of rotatable bonds is 4. The zero-order chi connectivity index (χ0) is 13.3. The van der Waals surface area contributed by atoms with Crippen molar-refractivity contribution in [2.75, 3.05) is 17.7 Å². The Balaban J connectivity index is 2.38. The molecule has 0 unspecified atom stereocenters. The van der Waals surface area contributed by atoms with E-state index in [9.17, 15) is 4.79 Å². The van der Waals surface area contributed by atoms with Crippen LogP contribution in [-0.4, -0.2) is 18.1 Å². The molecular formula is C13H17ClN2O2. The molecule has 1 fully saturated rings. The van der Waals surface area contributed by atoms with Gasteiger partial charge in [-0.25, -0.2) is 4.79 Å². The lowest BCUT2D eigenvalue weighted by Crippen LogP contribution is -2.19. The van der Waals surface area contributed by atoms with Crippen LogP contribution in [0.2, 0.25) is 5.02 Å². The van der Waals surface area contributed by atoms with Gasteiger partial charge in [-0.1, -0.05) is 11.6 Å². The van der Waals surface area contributed by atoms with Crippen LogP contribution in [0.15, 0.2) is 12.1 Å². The van der Waals surface area contributed by atoms with Gasteiger partial charge in [0.05, 0.1) is 22.9 Å². The molecule has 0 atom stereocenters. The molecule has 0 spiro atoms. The molecule has 1 aromatic carbocycles. The van der Waals surface area contributed by atoms with Gasteiger partial charge < -0.3 is 15.8 Å². The quantitative estimate of drug-likeness (QED) is 0.651. The third-order valence-electron chi connectivity index (χ3n) is 3.03. The van der Waals surface area contributed by atoms with E-state index in [1.54, 1.807) is 19.1 Å². The number of esters is 1. The molecule has 0 radical (unpaired) electrons. The van der Waals surface area contributed by atoms with E-state index < -0.39 is 5.97 Å². The van der Waals surface area contributed by atoms with Crippen LogP contribution in [-0.2, 0) is 4.74 Å². The summed E-state index contributed by atoms with van der Waals surface area (Å²) in [6, 6.07) is 3.23. The lowest BCUT2D eigenvalue weighted by Gasteiger charge is -2.18. The lowest BCUT2D eigenvalue weighted by atomic mass is 10.1. The molecule has 1 aromatic rings. The van der Waals surface area contributed by atoms with Crippen LogP contribution in [0.1, 0.15) is 37.0 Å². The van der Waals surface area contributed by atoms with E-state index in [4.69, 9.17) is 22.1 Å². The minimum Gasteiger partial charge on any atom is -0.462 e. The molecule has 0 bridgehead atoms. The maximum atomic E-state index is 11.9. The third kappa shape index (κ3) is 2.70. The molecule has 3 N–H and O–H groups in total. The summed E-state index contributed by atoms with van der Waals surface area (Å²) in [5.74, 6) is -0.404. The number of nitrogens with one attached hydrogen (secondary N) is 1. The van der Waals surface area contributed by atoms with Crippen molar-refractivity contribution in [3.8, 4) is 0 Å². The highest BCUT2D eigenvalue weighted by Gasteiger charge is 2.38. The second-order valence-corrected chi connectivity index (χ2v) is 5.24. The molecule has 0 heterocycles. The van der Waals surface area contributed by atoms with E-state index in [-0.39, 0.29) is 5.54 Å². The molecule has 0 aromatic heterocycles. The van der Waals surface area contributed by atoms with Gasteiger partial charge in [0.25, 0.3) is 0 Å². The highest BCUT2D eigenvalue weighted by atomic mass is 35.5. The van der Waals surface area contributed by atoms with Gasteiger partial charge in [-0.15, -0.1) is 0 Å². The molecule has 98 valence electrons. The molecule has 0 saturated heterocycles. The Morgan fingerprint density at radius 3 is 2.78 bits per heavy atom. The van der Waals surface area contributed by atoms with E-state index in [2.05, 4.69) is 12.2 Å². The summed E-state index contributed by atoms with van der Waals surface area (Å²) < 4.78 is 5.02. The van der Waals surface area contributed by atoms with Gasteiger partial charge in [-0.05, 0) is 38.8 Å². The predicted molar refractivity (Wildman–Crippen MR) is 73.1 cm³/mol. The monoisotopic (exact) mass is 268 g/mol. The SMILES string of the molecule is CCOC(=O)c1cc(N)cc(Cl)c1NC1(C)CC1. The molecule has 1 aliphatic carbocycles. The van der Waals surface area contributed by atoms with Crippen LogP contribution in [0.3, 0.4) is 0 Å². The Labute approximate surface area is 111 Å². The summed E-state index contributed by atoms with van der Waals surface area (Å²) >= 11 is 6.16. The fourth-order valence-electron chi connectivity index (χ4n) is 1.74. The Bertz CT molecular complexity index is 484. The van der Waals surface area contributed by atoms with Crippen LogP contribution in [0.25, 0.3) is 0 Å². The van der Waals surface area contributed by atoms with Crippen LogP contribution in [0.5, 0.6) is 0 Å². The highest BCUT2D eigenvalue weighted by Crippen LogP contribution is 2.41. The van der Waals surface area contributed by atoms with Crippen molar-refractivity contribution in [1.82, 2.24) is 0 Å². The summed E-state index contributed by atoms with van der Waals surface area (Å²) in [6.07, 6.45) is 2.13. The molecule has 5 heteroatoms. The molecule has 0 amide bonds. The molecular weight excluding hydrogens is 252 g/mol. The standard InChI is InChI=1S/C13H17ClN2O2/c1-3-18-12(17)9-6-8(15)7-10(14)11(9)16-13(2)4-5-13/h6-7,16H,3-5,15H2,1-2H3. The Kier molecular flexibility index (Phi) is 3.39. The number of ether oxygens (including phenoxy) is 1. The third-order valence-corrected chi connectivity index (χ3v) is 3.33. The van der Waals surface area contributed by atoms with Crippen molar-refractivity contribution in [3.63, 3.8) is 0 Å². The van der Waals surface area contributed by atoms with Crippen LogP contribution >= 0.6 is 11.6 Å². The average Bonchev–Trinajstić information content (AvgIpc) is 3.00. The summed E-state index contributed by atoms with van der Waals surface area (Å²) in [5.41, 5.74) is 7.22. The van der Waals surface area contributed by atoms with Gasteiger partial charge in [0.2, 0.25) is 0 Å². The first-order valence-corrected chi connectivity index (χ1v) is 6.37. The fraction of sp³-hybridized carbons (Fsp3) is 0.462. The normalized spacial score (nSPS) is 16.2. The van der Waals surface area contributed by atoms with Gasteiger partial charge in [0.15, 0.2) is 0 Å².